The minimum atomic E-state index is -3.87. The molecule has 0 saturated carbocycles. The molecule has 1 aliphatic rings. The van der Waals surface area contributed by atoms with Crippen LogP contribution in [0.5, 0.6) is 0 Å². The van der Waals surface area contributed by atoms with Gasteiger partial charge in [0.1, 0.15) is 5.82 Å². The van der Waals surface area contributed by atoms with E-state index in [-0.39, 0.29) is 29.5 Å². The van der Waals surface area contributed by atoms with Crippen LogP contribution >= 0.6 is 0 Å². The molecule has 4 rings (SSSR count). The third-order valence-electron chi connectivity index (χ3n) is 5.35. The highest BCUT2D eigenvalue weighted by atomic mass is 32.2. The molecule has 0 bridgehead atoms. The predicted octanol–water partition coefficient (Wildman–Crippen LogP) is 3.01. The molecule has 0 spiro atoms. The van der Waals surface area contributed by atoms with Crippen molar-refractivity contribution in [2.75, 3.05) is 31.1 Å². The molecule has 1 aliphatic heterocycles. The van der Waals surface area contributed by atoms with Gasteiger partial charge in [0, 0.05) is 43.9 Å². The highest BCUT2D eigenvalue weighted by Gasteiger charge is 2.31. The highest BCUT2D eigenvalue weighted by Crippen LogP contribution is 2.26. The normalized spacial score (nSPS) is 15.0. The number of non-ortho nitro benzene ring substituents is 1. The second kappa shape index (κ2) is 8.60. The number of benzene rings is 2. The summed E-state index contributed by atoms with van der Waals surface area (Å²) in [6.07, 6.45) is 0. The van der Waals surface area contributed by atoms with E-state index in [1.54, 1.807) is 31.2 Å². The van der Waals surface area contributed by atoms with Crippen molar-refractivity contribution in [1.29, 1.82) is 0 Å². The summed E-state index contributed by atoms with van der Waals surface area (Å²) in [5, 5.41) is 19.5. The van der Waals surface area contributed by atoms with Crippen LogP contribution in [0.4, 0.5) is 15.9 Å². The smallest absolute Gasteiger partial charge is 0.270 e. The average Bonchev–Trinajstić information content (AvgIpc) is 2.80. The Kier molecular flexibility index (Phi) is 5.85. The van der Waals surface area contributed by atoms with Crippen molar-refractivity contribution in [1.82, 2.24) is 14.5 Å². The number of nitro benzene ring substituents is 1. The van der Waals surface area contributed by atoms with Crippen molar-refractivity contribution in [3.63, 3.8) is 0 Å². The number of hydrogen-bond acceptors (Lipinski definition) is 7. The maximum Gasteiger partial charge on any atom is 0.270 e. The van der Waals surface area contributed by atoms with Crippen molar-refractivity contribution in [3.05, 3.63) is 76.1 Å². The third kappa shape index (κ3) is 4.30. The Morgan fingerprint density at radius 1 is 0.969 bits per heavy atom. The van der Waals surface area contributed by atoms with Gasteiger partial charge in [-0.3, -0.25) is 10.1 Å². The zero-order chi connectivity index (χ0) is 22.9. The van der Waals surface area contributed by atoms with E-state index in [9.17, 15) is 22.9 Å². The minimum absolute atomic E-state index is 0.0522. The van der Waals surface area contributed by atoms with E-state index in [1.807, 2.05) is 4.90 Å². The van der Waals surface area contributed by atoms with Gasteiger partial charge in [-0.25, -0.2) is 12.8 Å². The summed E-state index contributed by atoms with van der Waals surface area (Å²) in [6, 6.07) is 13.4. The molecule has 2 aromatic carbocycles. The zero-order valence-electron chi connectivity index (χ0n) is 17.2. The molecule has 9 nitrogen and oxygen atoms in total. The number of sulfonamides is 1. The number of halogens is 1. The molecule has 166 valence electrons. The summed E-state index contributed by atoms with van der Waals surface area (Å²) in [5.74, 6) is 0.283. The Morgan fingerprint density at radius 3 is 2.25 bits per heavy atom. The molecule has 3 aromatic rings. The van der Waals surface area contributed by atoms with E-state index < -0.39 is 14.9 Å². The van der Waals surface area contributed by atoms with Crippen molar-refractivity contribution in [2.45, 2.75) is 11.8 Å². The Balaban J connectivity index is 1.46. The van der Waals surface area contributed by atoms with E-state index in [2.05, 4.69) is 10.2 Å². The lowest BCUT2D eigenvalue weighted by atomic mass is 10.1. The average molecular weight is 457 g/mol. The predicted molar refractivity (Wildman–Crippen MR) is 116 cm³/mol. The molecule has 0 amide bonds. The Labute approximate surface area is 184 Å². The van der Waals surface area contributed by atoms with E-state index in [1.165, 1.54) is 28.6 Å². The molecule has 11 heteroatoms. The Morgan fingerprint density at radius 2 is 1.66 bits per heavy atom. The van der Waals surface area contributed by atoms with Gasteiger partial charge in [0.15, 0.2) is 5.82 Å². The molecule has 0 aliphatic carbocycles. The zero-order valence-corrected chi connectivity index (χ0v) is 18.0. The van der Waals surface area contributed by atoms with Crippen LogP contribution in [0, 0.1) is 22.9 Å². The van der Waals surface area contributed by atoms with Crippen molar-refractivity contribution in [3.8, 4) is 11.3 Å². The lowest BCUT2D eigenvalue weighted by molar-refractivity contribution is -0.385. The van der Waals surface area contributed by atoms with Gasteiger partial charge in [0.25, 0.3) is 5.69 Å². The maximum absolute atomic E-state index is 13.1. The molecule has 1 fully saturated rings. The van der Waals surface area contributed by atoms with Crippen LogP contribution in [0.1, 0.15) is 5.56 Å². The second-order valence-electron chi connectivity index (χ2n) is 7.38. The summed E-state index contributed by atoms with van der Waals surface area (Å²) in [5.41, 5.74) is 1.55. The fraction of sp³-hybridized carbons (Fsp3) is 0.238. The number of nitro groups is 1. The van der Waals surface area contributed by atoms with Crippen LogP contribution in [0.25, 0.3) is 11.3 Å². The van der Waals surface area contributed by atoms with Crippen LogP contribution in [0.2, 0.25) is 0 Å². The van der Waals surface area contributed by atoms with E-state index in [0.717, 1.165) is 11.6 Å². The fourth-order valence-corrected chi connectivity index (χ4v) is 5.21. The number of anilines is 1. The van der Waals surface area contributed by atoms with Crippen molar-refractivity contribution >= 4 is 21.5 Å². The Hall–Kier alpha value is -3.44. The van der Waals surface area contributed by atoms with Gasteiger partial charge in [-0.1, -0.05) is 6.07 Å². The highest BCUT2D eigenvalue weighted by molar-refractivity contribution is 7.89. The fourth-order valence-electron chi connectivity index (χ4n) is 3.55. The lowest BCUT2D eigenvalue weighted by Crippen LogP contribution is -2.49. The molecule has 0 radical (unpaired) electrons. The standard InChI is InChI=1S/C21H20FN5O4S/c1-15-2-7-18(27(28)29)14-20(15)32(30,31)26-12-10-25(11-13-26)21-9-8-19(23-24-21)16-3-5-17(22)6-4-16/h2-9,14H,10-13H2,1H3. The summed E-state index contributed by atoms with van der Waals surface area (Å²) >= 11 is 0. The molecular formula is C21H20FN5O4S. The molecule has 0 unspecified atom stereocenters. The van der Waals surface area contributed by atoms with Gasteiger partial charge in [-0.15, -0.1) is 10.2 Å². The summed E-state index contributed by atoms with van der Waals surface area (Å²) in [4.78, 5) is 12.3. The molecule has 0 N–H and O–H groups in total. The monoisotopic (exact) mass is 457 g/mol. The van der Waals surface area contributed by atoms with Gasteiger partial charge in [-0.2, -0.15) is 4.31 Å². The van der Waals surface area contributed by atoms with Gasteiger partial charge in [-0.05, 0) is 48.9 Å². The summed E-state index contributed by atoms with van der Waals surface area (Å²) in [6.45, 7) is 2.85. The number of rotatable bonds is 5. The number of aryl methyl sites for hydroxylation is 1. The van der Waals surface area contributed by atoms with Gasteiger partial charge in [0.05, 0.1) is 15.5 Å². The van der Waals surface area contributed by atoms with Crippen LogP contribution < -0.4 is 4.90 Å². The number of hydrogen-bond donors (Lipinski definition) is 0. The van der Waals surface area contributed by atoms with E-state index in [0.29, 0.717) is 30.2 Å². The quantitative estimate of drug-likeness (QED) is 0.428. The number of aromatic nitrogens is 2. The van der Waals surface area contributed by atoms with E-state index in [4.69, 9.17) is 0 Å². The topological polar surface area (TPSA) is 110 Å². The third-order valence-corrected chi connectivity index (χ3v) is 7.39. The van der Waals surface area contributed by atoms with Crippen LogP contribution in [0.15, 0.2) is 59.5 Å². The number of piperazine rings is 1. The first kappa shape index (κ1) is 21.8. The lowest BCUT2D eigenvalue weighted by Gasteiger charge is -2.34. The maximum atomic E-state index is 13.1. The molecule has 1 aromatic heterocycles. The first-order chi connectivity index (χ1) is 15.3. The van der Waals surface area contributed by atoms with Gasteiger partial charge >= 0.3 is 0 Å². The first-order valence-electron chi connectivity index (χ1n) is 9.85. The van der Waals surface area contributed by atoms with Crippen LogP contribution in [-0.4, -0.2) is 54.0 Å². The Bertz CT molecular complexity index is 1240. The largest absolute Gasteiger partial charge is 0.352 e. The van der Waals surface area contributed by atoms with Gasteiger partial charge < -0.3 is 4.90 Å². The van der Waals surface area contributed by atoms with Crippen LogP contribution in [0.3, 0.4) is 0 Å². The SMILES string of the molecule is Cc1ccc([N+](=O)[O-])cc1S(=O)(=O)N1CCN(c2ccc(-c3ccc(F)cc3)nn2)CC1. The van der Waals surface area contributed by atoms with Gasteiger partial charge in [0.2, 0.25) is 10.0 Å². The van der Waals surface area contributed by atoms with Crippen molar-refractivity contribution < 1.29 is 17.7 Å². The molecule has 1 saturated heterocycles. The molecule has 32 heavy (non-hydrogen) atoms. The first-order valence-corrected chi connectivity index (χ1v) is 11.3. The summed E-state index contributed by atoms with van der Waals surface area (Å²) in [7, 11) is -3.87. The van der Waals surface area contributed by atoms with E-state index >= 15 is 0 Å². The summed E-state index contributed by atoms with van der Waals surface area (Å²) < 4.78 is 40.6. The second-order valence-corrected chi connectivity index (χ2v) is 9.29. The molecule has 0 atom stereocenters. The van der Waals surface area contributed by atoms with Crippen molar-refractivity contribution in [2.24, 2.45) is 0 Å². The minimum Gasteiger partial charge on any atom is -0.352 e. The number of nitrogens with zero attached hydrogens (tertiary/aromatic N) is 5. The van der Waals surface area contributed by atoms with Crippen LogP contribution in [-0.2, 0) is 10.0 Å². The molecular weight excluding hydrogens is 437 g/mol. The molecule has 2 heterocycles.